The highest BCUT2D eigenvalue weighted by atomic mass is 32.1. The van der Waals surface area contributed by atoms with Gasteiger partial charge in [-0.15, -0.1) is 11.3 Å². The van der Waals surface area contributed by atoms with Crippen LogP contribution in [0.3, 0.4) is 0 Å². The second kappa shape index (κ2) is 7.41. The van der Waals surface area contributed by atoms with Crippen LogP contribution in [0.4, 0.5) is 5.69 Å². The zero-order chi connectivity index (χ0) is 16.2. The van der Waals surface area contributed by atoms with Gasteiger partial charge in [-0.25, -0.2) is 4.98 Å². The number of thiocarbonyl (C=S) groups is 1. The minimum atomic E-state index is 0.501. The highest BCUT2D eigenvalue weighted by Crippen LogP contribution is 2.25. The van der Waals surface area contributed by atoms with Gasteiger partial charge in [0.2, 0.25) is 0 Å². The van der Waals surface area contributed by atoms with Crippen molar-refractivity contribution >= 4 is 34.4 Å². The van der Waals surface area contributed by atoms with E-state index < -0.39 is 0 Å². The van der Waals surface area contributed by atoms with Crippen LogP contribution in [0.2, 0.25) is 0 Å². The minimum absolute atomic E-state index is 0.501. The first-order valence-electron chi connectivity index (χ1n) is 8.22. The van der Waals surface area contributed by atoms with Gasteiger partial charge in [0.05, 0.1) is 10.7 Å². The Hall–Kier alpha value is -1.46. The number of hydrogen-bond acceptors (Lipinski definition) is 3. The highest BCUT2D eigenvalue weighted by molar-refractivity contribution is 7.80. The fourth-order valence-electron chi connectivity index (χ4n) is 3.09. The molecule has 0 bridgehead atoms. The molecular formula is C18H23N3S2. The molecule has 5 heteroatoms. The van der Waals surface area contributed by atoms with Crippen LogP contribution in [-0.4, -0.2) is 16.1 Å². The van der Waals surface area contributed by atoms with Crippen LogP contribution >= 0.6 is 23.6 Å². The zero-order valence-electron chi connectivity index (χ0n) is 13.6. The quantitative estimate of drug-likeness (QED) is 0.769. The summed E-state index contributed by atoms with van der Waals surface area (Å²) in [5.74, 6) is 0.693. The van der Waals surface area contributed by atoms with Crippen molar-refractivity contribution in [1.82, 2.24) is 10.3 Å². The van der Waals surface area contributed by atoms with Crippen LogP contribution < -0.4 is 10.6 Å². The number of rotatable bonds is 3. The molecule has 2 atom stereocenters. The first kappa shape index (κ1) is 16.4. The summed E-state index contributed by atoms with van der Waals surface area (Å²) in [6.07, 6.45) is 5.15. The summed E-state index contributed by atoms with van der Waals surface area (Å²) in [4.78, 5) is 4.52. The fourth-order valence-corrected chi connectivity index (χ4v) is 3.98. The number of hydrogen-bond donors (Lipinski definition) is 2. The van der Waals surface area contributed by atoms with Crippen molar-refractivity contribution in [2.75, 3.05) is 5.32 Å². The van der Waals surface area contributed by atoms with Gasteiger partial charge < -0.3 is 10.6 Å². The summed E-state index contributed by atoms with van der Waals surface area (Å²) >= 11 is 7.14. The van der Waals surface area contributed by atoms with Gasteiger partial charge in [0, 0.05) is 22.7 Å². The van der Waals surface area contributed by atoms with Crippen LogP contribution in [0.5, 0.6) is 0 Å². The van der Waals surface area contributed by atoms with E-state index in [1.54, 1.807) is 11.3 Å². The maximum atomic E-state index is 5.47. The van der Waals surface area contributed by atoms with Gasteiger partial charge in [-0.2, -0.15) is 0 Å². The lowest BCUT2D eigenvalue weighted by Crippen LogP contribution is -2.43. The standard InChI is InChI=1S/C18H23N3S2/c1-12-5-3-4-6-16(12)21-18(22)20-15-9-7-14(8-10-15)17-11-23-13(2)19-17/h7-12,16H,3-6H2,1-2H3,(H2,20,21,22)/t12-,16+/m0/s1. The molecule has 2 aromatic rings. The van der Waals surface area contributed by atoms with E-state index in [0.29, 0.717) is 12.0 Å². The fraction of sp³-hybridized carbons (Fsp3) is 0.444. The summed E-state index contributed by atoms with van der Waals surface area (Å²) in [6.45, 7) is 4.34. The molecule has 1 aliphatic rings. The molecular weight excluding hydrogens is 322 g/mol. The van der Waals surface area contributed by atoms with Crippen molar-refractivity contribution < 1.29 is 0 Å². The van der Waals surface area contributed by atoms with Crippen molar-refractivity contribution in [1.29, 1.82) is 0 Å². The van der Waals surface area contributed by atoms with Gasteiger partial charge in [0.15, 0.2) is 5.11 Å². The predicted molar refractivity (Wildman–Crippen MR) is 103 cm³/mol. The average molecular weight is 346 g/mol. The lowest BCUT2D eigenvalue weighted by molar-refractivity contribution is 0.309. The molecule has 122 valence electrons. The topological polar surface area (TPSA) is 37.0 Å². The number of benzene rings is 1. The van der Waals surface area contributed by atoms with Gasteiger partial charge in [-0.05, 0) is 50.0 Å². The summed E-state index contributed by atoms with van der Waals surface area (Å²) in [5, 5.41) is 10.7. The van der Waals surface area contributed by atoms with E-state index in [0.717, 1.165) is 27.1 Å². The number of aromatic nitrogens is 1. The van der Waals surface area contributed by atoms with Crippen molar-refractivity contribution in [2.45, 2.75) is 45.6 Å². The normalized spacial score (nSPS) is 21.0. The Kier molecular flexibility index (Phi) is 5.28. The molecule has 2 N–H and O–H groups in total. The molecule has 0 saturated heterocycles. The summed E-state index contributed by atoms with van der Waals surface area (Å²) in [5.41, 5.74) is 3.19. The summed E-state index contributed by atoms with van der Waals surface area (Å²) in [6, 6.07) is 8.79. The molecule has 0 aliphatic heterocycles. The smallest absolute Gasteiger partial charge is 0.171 e. The van der Waals surface area contributed by atoms with Gasteiger partial charge in [-0.3, -0.25) is 0 Å². The minimum Gasteiger partial charge on any atom is -0.359 e. The molecule has 1 fully saturated rings. The lowest BCUT2D eigenvalue weighted by Gasteiger charge is -2.30. The monoisotopic (exact) mass is 345 g/mol. The van der Waals surface area contributed by atoms with E-state index in [2.05, 4.69) is 52.2 Å². The Morgan fingerprint density at radius 3 is 2.61 bits per heavy atom. The van der Waals surface area contributed by atoms with E-state index in [1.807, 2.05) is 6.92 Å². The van der Waals surface area contributed by atoms with Crippen LogP contribution in [0.25, 0.3) is 11.3 Å². The van der Waals surface area contributed by atoms with Crippen molar-refractivity contribution in [2.24, 2.45) is 5.92 Å². The Morgan fingerprint density at radius 1 is 1.22 bits per heavy atom. The third kappa shape index (κ3) is 4.30. The number of nitrogens with one attached hydrogen (secondary N) is 2. The largest absolute Gasteiger partial charge is 0.359 e. The Balaban J connectivity index is 1.58. The molecule has 0 radical (unpaired) electrons. The van der Waals surface area contributed by atoms with Gasteiger partial charge >= 0.3 is 0 Å². The molecule has 1 aromatic carbocycles. The molecule has 1 saturated carbocycles. The molecule has 0 amide bonds. The molecule has 1 aromatic heterocycles. The third-order valence-corrected chi connectivity index (χ3v) is 5.48. The molecule has 1 aliphatic carbocycles. The summed E-state index contributed by atoms with van der Waals surface area (Å²) < 4.78 is 0. The van der Waals surface area contributed by atoms with E-state index >= 15 is 0 Å². The Bertz CT molecular complexity index is 663. The average Bonchev–Trinajstić information content (AvgIpc) is 2.97. The molecule has 3 rings (SSSR count). The molecule has 0 unspecified atom stereocenters. The molecule has 1 heterocycles. The summed E-state index contributed by atoms with van der Waals surface area (Å²) in [7, 11) is 0. The molecule has 3 nitrogen and oxygen atoms in total. The second-order valence-corrected chi connectivity index (χ2v) is 7.77. The van der Waals surface area contributed by atoms with Gasteiger partial charge in [0.25, 0.3) is 0 Å². The van der Waals surface area contributed by atoms with Crippen LogP contribution in [-0.2, 0) is 0 Å². The van der Waals surface area contributed by atoms with Crippen LogP contribution in [0, 0.1) is 12.8 Å². The maximum absolute atomic E-state index is 5.47. The lowest BCUT2D eigenvalue weighted by atomic mass is 9.86. The van der Waals surface area contributed by atoms with E-state index in [-0.39, 0.29) is 0 Å². The third-order valence-electron chi connectivity index (χ3n) is 4.49. The zero-order valence-corrected chi connectivity index (χ0v) is 15.3. The first-order valence-corrected chi connectivity index (χ1v) is 9.50. The second-order valence-electron chi connectivity index (χ2n) is 6.30. The van der Waals surface area contributed by atoms with Gasteiger partial charge in [0.1, 0.15) is 0 Å². The molecule has 23 heavy (non-hydrogen) atoms. The van der Waals surface area contributed by atoms with Crippen molar-refractivity contribution in [3.63, 3.8) is 0 Å². The van der Waals surface area contributed by atoms with Crippen LogP contribution in [0.15, 0.2) is 29.6 Å². The Morgan fingerprint density at radius 2 is 1.96 bits per heavy atom. The number of thiazole rings is 1. The highest BCUT2D eigenvalue weighted by Gasteiger charge is 2.21. The van der Waals surface area contributed by atoms with Crippen LogP contribution in [0.1, 0.15) is 37.6 Å². The number of anilines is 1. The van der Waals surface area contributed by atoms with Gasteiger partial charge in [-0.1, -0.05) is 31.9 Å². The Labute approximate surface area is 147 Å². The SMILES string of the molecule is Cc1nc(-c2ccc(NC(=S)N[C@@H]3CCCC[C@@H]3C)cc2)cs1. The van der Waals surface area contributed by atoms with E-state index in [1.165, 1.54) is 25.7 Å². The van der Waals surface area contributed by atoms with E-state index in [9.17, 15) is 0 Å². The first-order chi connectivity index (χ1) is 11.1. The predicted octanol–water partition coefficient (Wildman–Crippen LogP) is 4.98. The number of aryl methyl sites for hydroxylation is 1. The number of nitrogens with zero attached hydrogens (tertiary/aromatic N) is 1. The van der Waals surface area contributed by atoms with Crippen molar-refractivity contribution in [3.05, 3.63) is 34.7 Å². The van der Waals surface area contributed by atoms with E-state index in [4.69, 9.17) is 12.2 Å². The van der Waals surface area contributed by atoms with Crippen molar-refractivity contribution in [3.8, 4) is 11.3 Å². The molecule has 0 spiro atoms. The maximum Gasteiger partial charge on any atom is 0.171 e.